The quantitative estimate of drug-likeness (QED) is 0.863. The van der Waals surface area contributed by atoms with E-state index in [2.05, 4.69) is 15.3 Å². The summed E-state index contributed by atoms with van der Waals surface area (Å²) in [5, 5.41) is 3.19. The first-order chi connectivity index (χ1) is 8.70. The van der Waals surface area contributed by atoms with Crippen LogP contribution in [0.25, 0.3) is 0 Å². The largest absolute Gasteiger partial charge is 0.480 e. The molecule has 0 aliphatic carbocycles. The van der Waals surface area contributed by atoms with Gasteiger partial charge in [-0.05, 0) is 18.6 Å². The van der Waals surface area contributed by atoms with Crippen molar-refractivity contribution in [2.45, 2.75) is 13.0 Å². The van der Waals surface area contributed by atoms with Crippen molar-refractivity contribution in [1.82, 2.24) is 9.97 Å². The molecule has 5 heteroatoms. The summed E-state index contributed by atoms with van der Waals surface area (Å²) in [7, 11) is 1.56. The van der Waals surface area contributed by atoms with Gasteiger partial charge in [0.15, 0.2) is 5.82 Å². The summed E-state index contributed by atoms with van der Waals surface area (Å²) >= 11 is 0. The van der Waals surface area contributed by atoms with Crippen molar-refractivity contribution in [3.63, 3.8) is 0 Å². The lowest BCUT2D eigenvalue weighted by atomic mass is 10.1. The van der Waals surface area contributed by atoms with Gasteiger partial charge in [-0.2, -0.15) is 4.98 Å². The van der Waals surface area contributed by atoms with Gasteiger partial charge in [-0.3, -0.25) is 4.98 Å². The molecule has 94 valence electrons. The molecule has 0 bridgehead atoms. The van der Waals surface area contributed by atoms with Crippen LogP contribution in [0.5, 0.6) is 5.88 Å². The molecule has 1 aromatic carbocycles. The molecule has 0 amide bonds. The van der Waals surface area contributed by atoms with E-state index in [1.165, 1.54) is 0 Å². The molecular formula is C13H16N4O. The average Bonchev–Trinajstić information content (AvgIpc) is 2.39. The molecule has 18 heavy (non-hydrogen) atoms. The van der Waals surface area contributed by atoms with E-state index in [1.54, 1.807) is 19.5 Å². The van der Waals surface area contributed by atoms with Crippen LogP contribution in [0.2, 0.25) is 0 Å². The molecule has 1 atom stereocenters. The number of nitrogens with two attached hydrogens (primary N) is 1. The Morgan fingerprint density at radius 2 is 2.06 bits per heavy atom. The summed E-state index contributed by atoms with van der Waals surface area (Å²) < 4.78 is 5.03. The van der Waals surface area contributed by atoms with Gasteiger partial charge >= 0.3 is 0 Å². The van der Waals surface area contributed by atoms with Crippen molar-refractivity contribution < 1.29 is 4.74 Å². The second-order valence-electron chi connectivity index (χ2n) is 3.95. The fourth-order valence-corrected chi connectivity index (χ4v) is 1.65. The molecule has 1 aromatic heterocycles. The topological polar surface area (TPSA) is 73.1 Å². The maximum atomic E-state index is 5.92. The lowest BCUT2D eigenvalue weighted by Crippen LogP contribution is -2.08. The van der Waals surface area contributed by atoms with Crippen LogP contribution < -0.4 is 15.8 Å². The Balaban J connectivity index is 2.28. The summed E-state index contributed by atoms with van der Waals surface area (Å²) in [5.41, 5.74) is 7.88. The molecule has 0 saturated heterocycles. The Kier molecular flexibility index (Phi) is 3.74. The highest BCUT2D eigenvalue weighted by atomic mass is 16.5. The highest BCUT2D eigenvalue weighted by Crippen LogP contribution is 2.24. The first-order valence-corrected chi connectivity index (χ1v) is 5.68. The van der Waals surface area contributed by atoms with E-state index in [-0.39, 0.29) is 6.04 Å². The van der Waals surface area contributed by atoms with Crippen LogP contribution in [0.3, 0.4) is 0 Å². The maximum absolute atomic E-state index is 5.92. The summed E-state index contributed by atoms with van der Waals surface area (Å²) in [4.78, 5) is 8.30. The van der Waals surface area contributed by atoms with Gasteiger partial charge in [0.05, 0.1) is 19.5 Å². The number of nitrogens with one attached hydrogen (secondary N) is 1. The molecule has 0 aliphatic heterocycles. The van der Waals surface area contributed by atoms with Crippen LogP contribution in [-0.4, -0.2) is 17.1 Å². The van der Waals surface area contributed by atoms with Crippen molar-refractivity contribution in [3.05, 3.63) is 42.2 Å². The molecule has 0 aliphatic rings. The fourth-order valence-electron chi connectivity index (χ4n) is 1.65. The van der Waals surface area contributed by atoms with E-state index < -0.39 is 0 Å². The first-order valence-electron chi connectivity index (χ1n) is 5.68. The molecule has 0 spiro atoms. The van der Waals surface area contributed by atoms with E-state index in [1.807, 2.05) is 31.2 Å². The van der Waals surface area contributed by atoms with Crippen molar-refractivity contribution in [2.75, 3.05) is 12.4 Å². The molecule has 1 heterocycles. The third-order valence-electron chi connectivity index (χ3n) is 2.54. The Labute approximate surface area is 106 Å². The van der Waals surface area contributed by atoms with Crippen LogP contribution in [-0.2, 0) is 0 Å². The minimum absolute atomic E-state index is 0.0488. The van der Waals surface area contributed by atoms with E-state index in [0.29, 0.717) is 11.7 Å². The minimum Gasteiger partial charge on any atom is -0.480 e. The van der Waals surface area contributed by atoms with Gasteiger partial charge in [-0.15, -0.1) is 0 Å². The third-order valence-corrected chi connectivity index (χ3v) is 2.54. The zero-order valence-electron chi connectivity index (χ0n) is 10.4. The molecule has 2 aromatic rings. The molecule has 3 N–H and O–H groups in total. The number of ether oxygens (including phenoxy) is 1. The molecule has 5 nitrogen and oxygen atoms in total. The number of benzene rings is 1. The predicted molar refractivity (Wildman–Crippen MR) is 70.9 cm³/mol. The Morgan fingerprint density at radius 3 is 2.78 bits per heavy atom. The van der Waals surface area contributed by atoms with Crippen molar-refractivity contribution >= 4 is 11.5 Å². The second kappa shape index (κ2) is 5.46. The molecular weight excluding hydrogens is 228 g/mol. The van der Waals surface area contributed by atoms with Crippen LogP contribution in [0.4, 0.5) is 11.5 Å². The monoisotopic (exact) mass is 244 g/mol. The zero-order valence-corrected chi connectivity index (χ0v) is 10.4. The lowest BCUT2D eigenvalue weighted by molar-refractivity contribution is 0.396. The normalized spacial score (nSPS) is 11.9. The van der Waals surface area contributed by atoms with E-state index >= 15 is 0 Å². The van der Waals surface area contributed by atoms with E-state index in [0.717, 1.165) is 11.3 Å². The number of methoxy groups -OCH3 is 1. The van der Waals surface area contributed by atoms with Crippen LogP contribution in [0, 0.1) is 0 Å². The predicted octanol–water partition coefficient (Wildman–Crippen LogP) is 2.25. The van der Waals surface area contributed by atoms with Gasteiger partial charge in [0.25, 0.3) is 0 Å². The average molecular weight is 244 g/mol. The minimum atomic E-state index is -0.0488. The standard InChI is InChI=1S/C13H16N4O/c1-9(14)10-5-3-4-6-11(10)16-12-7-15-8-13(17-12)18-2/h3-9H,14H2,1-2H3,(H,16,17). The molecule has 1 unspecified atom stereocenters. The number of anilines is 2. The summed E-state index contributed by atoms with van der Waals surface area (Å²) in [5.74, 6) is 1.10. The number of nitrogens with zero attached hydrogens (tertiary/aromatic N) is 2. The fraction of sp³-hybridized carbons (Fsp3) is 0.231. The molecule has 2 rings (SSSR count). The van der Waals surface area contributed by atoms with Gasteiger partial charge in [-0.1, -0.05) is 18.2 Å². The zero-order chi connectivity index (χ0) is 13.0. The van der Waals surface area contributed by atoms with Crippen LogP contribution in [0.1, 0.15) is 18.5 Å². The number of aromatic nitrogens is 2. The molecule has 0 fully saturated rings. The lowest BCUT2D eigenvalue weighted by Gasteiger charge is -2.13. The summed E-state index contributed by atoms with van der Waals surface area (Å²) in [6, 6.07) is 7.80. The first kappa shape index (κ1) is 12.3. The maximum Gasteiger partial charge on any atom is 0.233 e. The van der Waals surface area contributed by atoms with Gasteiger partial charge in [0, 0.05) is 11.7 Å². The SMILES string of the molecule is COc1cncc(Nc2ccccc2C(C)N)n1. The third kappa shape index (κ3) is 2.75. The Hall–Kier alpha value is -2.14. The van der Waals surface area contributed by atoms with E-state index in [4.69, 9.17) is 10.5 Å². The van der Waals surface area contributed by atoms with Crippen LogP contribution in [0.15, 0.2) is 36.7 Å². The van der Waals surface area contributed by atoms with Gasteiger partial charge < -0.3 is 15.8 Å². The van der Waals surface area contributed by atoms with Gasteiger partial charge in [0.1, 0.15) is 0 Å². The number of hydrogen-bond donors (Lipinski definition) is 2. The smallest absolute Gasteiger partial charge is 0.233 e. The van der Waals surface area contributed by atoms with Crippen molar-refractivity contribution in [1.29, 1.82) is 0 Å². The highest BCUT2D eigenvalue weighted by molar-refractivity contribution is 5.60. The van der Waals surface area contributed by atoms with Crippen molar-refractivity contribution in [3.8, 4) is 5.88 Å². The van der Waals surface area contributed by atoms with Crippen molar-refractivity contribution in [2.24, 2.45) is 5.73 Å². The number of hydrogen-bond acceptors (Lipinski definition) is 5. The number of para-hydroxylation sites is 1. The molecule has 0 saturated carbocycles. The Bertz CT molecular complexity index is 528. The summed E-state index contributed by atoms with van der Waals surface area (Å²) in [6.07, 6.45) is 3.20. The van der Waals surface area contributed by atoms with Crippen LogP contribution >= 0.6 is 0 Å². The summed E-state index contributed by atoms with van der Waals surface area (Å²) in [6.45, 7) is 1.94. The van der Waals surface area contributed by atoms with Gasteiger partial charge in [0.2, 0.25) is 5.88 Å². The highest BCUT2D eigenvalue weighted by Gasteiger charge is 2.07. The van der Waals surface area contributed by atoms with E-state index in [9.17, 15) is 0 Å². The van der Waals surface area contributed by atoms with Gasteiger partial charge in [-0.25, -0.2) is 0 Å². The Morgan fingerprint density at radius 1 is 1.28 bits per heavy atom. The number of rotatable bonds is 4. The second-order valence-corrected chi connectivity index (χ2v) is 3.95. The molecule has 0 radical (unpaired) electrons.